The Balaban J connectivity index is 2.36. The molecular formula is C29H39NO8. The van der Waals surface area contributed by atoms with Gasteiger partial charge in [-0.05, 0) is 68.6 Å². The van der Waals surface area contributed by atoms with Crippen molar-refractivity contribution in [3.05, 3.63) is 69.3 Å². The summed E-state index contributed by atoms with van der Waals surface area (Å²) >= 11 is 0. The molecule has 2 rings (SSSR count). The van der Waals surface area contributed by atoms with Crippen LogP contribution in [0.25, 0.3) is 0 Å². The molecule has 0 aliphatic heterocycles. The Morgan fingerprint density at radius 2 is 1.89 bits per heavy atom. The molecule has 2 N–H and O–H groups in total. The van der Waals surface area contributed by atoms with Crippen molar-refractivity contribution in [2.24, 2.45) is 5.92 Å². The number of carbonyl (C=O) groups excluding carboxylic acids is 1. The number of rotatable bonds is 14. The highest BCUT2D eigenvalue weighted by Crippen LogP contribution is 2.48. The first-order valence-corrected chi connectivity index (χ1v) is 12.9. The van der Waals surface area contributed by atoms with Crippen LogP contribution >= 0.6 is 0 Å². The lowest BCUT2D eigenvalue weighted by atomic mass is 9.72. The van der Waals surface area contributed by atoms with Gasteiger partial charge in [0.2, 0.25) is 0 Å². The highest BCUT2D eigenvalue weighted by molar-refractivity contribution is 5.92. The minimum atomic E-state index is -1.27. The summed E-state index contributed by atoms with van der Waals surface area (Å²) in [5.74, 6) is -2.09. The smallest absolute Gasteiger partial charge is 0.336 e. The van der Waals surface area contributed by atoms with Gasteiger partial charge >= 0.3 is 11.9 Å². The first-order valence-electron chi connectivity index (χ1n) is 12.9. The van der Waals surface area contributed by atoms with Crippen LogP contribution in [-0.4, -0.2) is 33.8 Å². The van der Waals surface area contributed by atoms with E-state index in [0.717, 1.165) is 55.7 Å². The van der Waals surface area contributed by atoms with Crippen molar-refractivity contribution in [1.82, 2.24) is 0 Å². The van der Waals surface area contributed by atoms with E-state index in [9.17, 15) is 24.8 Å². The van der Waals surface area contributed by atoms with E-state index in [0.29, 0.717) is 18.1 Å². The predicted molar refractivity (Wildman–Crippen MR) is 144 cm³/mol. The first-order chi connectivity index (χ1) is 17.8. The lowest BCUT2D eigenvalue weighted by molar-refractivity contribution is -0.757. The van der Waals surface area contributed by atoms with Crippen molar-refractivity contribution >= 4 is 11.9 Å². The maximum absolute atomic E-state index is 12.5. The largest absolute Gasteiger partial charge is 0.507 e. The average molecular weight is 530 g/mol. The lowest BCUT2D eigenvalue weighted by Gasteiger charge is -2.33. The zero-order valence-electron chi connectivity index (χ0n) is 22.7. The molecule has 1 aromatic rings. The van der Waals surface area contributed by atoms with Crippen LogP contribution in [0.4, 0.5) is 0 Å². The van der Waals surface area contributed by atoms with Gasteiger partial charge in [0.1, 0.15) is 11.5 Å². The molecule has 1 aliphatic carbocycles. The van der Waals surface area contributed by atoms with Crippen LogP contribution in [0.1, 0.15) is 89.7 Å². The number of ether oxygens (including phenoxy) is 1. The number of esters is 1. The second kappa shape index (κ2) is 13.8. The summed E-state index contributed by atoms with van der Waals surface area (Å²) in [5, 5.41) is 29.6. The SMILES string of the molecule is C=C(C)[C@@H]1CCC(C)=C[C@H]1c1c(O)cc(C(C)(C)CCCCCCO[N+](=O)[O-])cc1OC(=O)C=CC(=O)O. The number of aromatic hydroxyl groups is 1. The van der Waals surface area contributed by atoms with Crippen LogP contribution in [0, 0.1) is 16.0 Å². The van der Waals surface area contributed by atoms with Crippen molar-refractivity contribution in [2.75, 3.05) is 6.61 Å². The van der Waals surface area contributed by atoms with Gasteiger partial charge in [-0.2, -0.15) is 0 Å². The van der Waals surface area contributed by atoms with Crippen molar-refractivity contribution in [2.45, 2.75) is 84.0 Å². The fraction of sp³-hybridized carbons (Fsp3) is 0.517. The number of carboxylic acids is 1. The van der Waals surface area contributed by atoms with Crippen LogP contribution in [0.2, 0.25) is 0 Å². The maximum Gasteiger partial charge on any atom is 0.336 e. The van der Waals surface area contributed by atoms with E-state index in [-0.39, 0.29) is 35.4 Å². The Morgan fingerprint density at radius 3 is 2.53 bits per heavy atom. The molecule has 208 valence electrons. The van der Waals surface area contributed by atoms with Gasteiger partial charge in [0.05, 0.1) is 6.61 Å². The summed E-state index contributed by atoms with van der Waals surface area (Å²) < 4.78 is 5.64. The number of allylic oxidation sites excluding steroid dienone is 3. The standard InChI is InChI=1S/C29H39NO8/c1-19(2)22-11-10-20(3)16-23(22)28-24(31)17-21(18-25(28)38-27(34)13-12-26(32)33)29(4,5)14-8-6-7-9-15-37-30(35)36/h12-13,16-18,22-23,31H,1,6-11,14-15H2,2-5H3,(H,32,33)/t22-,23+/m0/s1. The molecule has 0 radical (unpaired) electrons. The van der Waals surface area contributed by atoms with Crippen LogP contribution in [0.5, 0.6) is 11.5 Å². The van der Waals surface area contributed by atoms with E-state index in [1.165, 1.54) is 5.57 Å². The van der Waals surface area contributed by atoms with Gasteiger partial charge in [-0.3, -0.25) is 0 Å². The number of phenols is 1. The molecule has 9 nitrogen and oxygen atoms in total. The molecule has 0 saturated carbocycles. The number of hydrogen-bond donors (Lipinski definition) is 2. The fourth-order valence-corrected chi connectivity index (χ4v) is 4.92. The molecule has 0 spiro atoms. The van der Waals surface area contributed by atoms with Gasteiger partial charge in [-0.15, -0.1) is 10.1 Å². The molecule has 0 aromatic heterocycles. The number of benzene rings is 1. The minimum absolute atomic E-state index is 0.0136. The van der Waals surface area contributed by atoms with Gasteiger partial charge in [0.15, 0.2) is 0 Å². The first kappa shape index (κ1) is 30.6. The van der Waals surface area contributed by atoms with Gasteiger partial charge in [-0.25, -0.2) is 9.59 Å². The number of aliphatic carboxylic acids is 1. The summed E-state index contributed by atoms with van der Waals surface area (Å²) in [6.45, 7) is 12.3. The topological polar surface area (TPSA) is 136 Å². The van der Waals surface area contributed by atoms with E-state index in [1.807, 2.05) is 27.7 Å². The van der Waals surface area contributed by atoms with Crippen molar-refractivity contribution in [3.63, 3.8) is 0 Å². The summed E-state index contributed by atoms with van der Waals surface area (Å²) in [6, 6.07) is 3.48. The zero-order valence-corrected chi connectivity index (χ0v) is 22.7. The van der Waals surface area contributed by atoms with Gasteiger partial charge in [0, 0.05) is 23.6 Å². The molecular weight excluding hydrogens is 490 g/mol. The number of unbranched alkanes of at least 4 members (excludes halogenated alkanes) is 3. The minimum Gasteiger partial charge on any atom is -0.507 e. The van der Waals surface area contributed by atoms with E-state index in [1.54, 1.807) is 12.1 Å². The van der Waals surface area contributed by atoms with Crippen LogP contribution in [0.3, 0.4) is 0 Å². The van der Waals surface area contributed by atoms with Crippen molar-refractivity contribution in [1.29, 1.82) is 0 Å². The molecule has 0 heterocycles. The average Bonchev–Trinajstić information content (AvgIpc) is 2.81. The second-order valence-electron chi connectivity index (χ2n) is 10.6. The highest BCUT2D eigenvalue weighted by atomic mass is 16.9. The summed E-state index contributed by atoms with van der Waals surface area (Å²) in [5.41, 5.74) is 3.03. The Bertz CT molecular complexity index is 1100. The third-order valence-electron chi connectivity index (χ3n) is 7.08. The molecule has 38 heavy (non-hydrogen) atoms. The molecule has 0 amide bonds. The Labute approximate surface area is 223 Å². The normalized spacial score (nSPS) is 17.6. The summed E-state index contributed by atoms with van der Waals surface area (Å²) in [6.07, 6.45) is 9.29. The highest BCUT2D eigenvalue weighted by Gasteiger charge is 2.33. The van der Waals surface area contributed by atoms with E-state index in [4.69, 9.17) is 9.84 Å². The van der Waals surface area contributed by atoms with Crippen LogP contribution in [0.15, 0.2) is 48.1 Å². The number of hydrogen-bond acceptors (Lipinski definition) is 7. The van der Waals surface area contributed by atoms with Crippen LogP contribution in [-0.2, 0) is 19.8 Å². The van der Waals surface area contributed by atoms with E-state index < -0.39 is 17.0 Å². The predicted octanol–water partition coefficient (Wildman–Crippen LogP) is 6.39. The maximum atomic E-state index is 12.5. The zero-order chi connectivity index (χ0) is 28.5. The molecule has 0 unspecified atom stereocenters. The Hall–Kier alpha value is -3.62. The van der Waals surface area contributed by atoms with E-state index in [2.05, 4.69) is 17.5 Å². The Morgan fingerprint density at radius 1 is 1.21 bits per heavy atom. The second-order valence-corrected chi connectivity index (χ2v) is 10.6. The monoisotopic (exact) mass is 529 g/mol. The third kappa shape index (κ3) is 9.04. The van der Waals surface area contributed by atoms with Gasteiger partial charge in [-0.1, -0.05) is 56.9 Å². The molecule has 0 bridgehead atoms. The molecule has 1 aliphatic rings. The Kier molecular flexibility index (Phi) is 11.1. The molecule has 2 atom stereocenters. The van der Waals surface area contributed by atoms with Gasteiger partial charge in [0.25, 0.3) is 5.09 Å². The molecule has 1 aromatic carbocycles. The fourth-order valence-electron chi connectivity index (χ4n) is 4.92. The molecule has 0 saturated heterocycles. The number of carbonyl (C=O) groups is 2. The summed E-state index contributed by atoms with van der Waals surface area (Å²) in [7, 11) is 0. The van der Waals surface area contributed by atoms with Gasteiger partial charge < -0.3 is 19.8 Å². The van der Waals surface area contributed by atoms with Crippen molar-refractivity contribution in [3.8, 4) is 11.5 Å². The number of nitrogens with zero attached hydrogens (tertiary/aromatic N) is 1. The quantitative estimate of drug-likeness (QED) is 0.0538. The lowest BCUT2D eigenvalue weighted by Crippen LogP contribution is -2.21. The number of carboxylic acid groups (broad SMARTS) is 1. The summed E-state index contributed by atoms with van der Waals surface area (Å²) in [4.78, 5) is 38.0. The van der Waals surface area contributed by atoms with E-state index >= 15 is 0 Å². The molecule has 9 heteroatoms. The molecule has 0 fully saturated rings. The third-order valence-corrected chi connectivity index (χ3v) is 7.08. The van der Waals surface area contributed by atoms with Crippen LogP contribution < -0.4 is 4.74 Å². The number of phenolic OH excluding ortho intramolecular Hbond substituents is 1. The van der Waals surface area contributed by atoms with Crippen molar-refractivity contribution < 1.29 is 34.5 Å².